The molecule has 0 unspecified atom stereocenters. The van der Waals surface area contributed by atoms with E-state index in [0.717, 1.165) is 0 Å². The van der Waals surface area contributed by atoms with Crippen molar-refractivity contribution in [1.29, 1.82) is 0 Å². The van der Waals surface area contributed by atoms with Crippen LogP contribution < -0.4 is 12.4 Å². The monoisotopic (exact) mass is 503 g/mol. The van der Waals surface area contributed by atoms with Gasteiger partial charge in [-0.3, -0.25) is 0 Å². The van der Waals surface area contributed by atoms with Crippen molar-refractivity contribution in [3.05, 3.63) is 16.2 Å². The second kappa shape index (κ2) is 13.8. The second-order valence-electron chi connectivity index (χ2n) is 14.5. The van der Waals surface area contributed by atoms with E-state index in [1.165, 1.54) is 0 Å². The fraction of sp³-hybridized carbons (Fsp3) is 0.889. The molecule has 0 N–H and O–H groups in total. The second-order valence-corrected chi connectivity index (χ2v) is 14.5. The molecule has 0 aromatic heterocycles. The van der Waals surface area contributed by atoms with Crippen molar-refractivity contribution in [2.45, 2.75) is 125 Å². The number of rotatable bonds is 0. The van der Waals surface area contributed by atoms with E-state index in [9.17, 15) is 16.2 Å². The van der Waals surface area contributed by atoms with Gasteiger partial charge in [0.15, 0.2) is 0 Å². The summed E-state index contributed by atoms with van der Waals surface area (Å²) in [6.45, 7) is 36.4. The van der Waals surface area contributed by atoms with Crippen LogP contribution >= 0.6 is 0 Å². The van der Waals surface area contributed by atoms with Gasteiger partial charge < -0.3 is 28.6 Å². The third-order valence-electron chi connectivity index (χ3n) is 4.26. The Morgan fingerprint density at radius 1 is 0.312 bits per heavy atom. The molecule has 0 heterocycles. The molecule has 0 aromatic carbocycles. The molecule has 188 valence electrons. The summed E-state index contributed by atoms with van der Waals surface area (Å²) in [5, 5.41) is 28.9. The molecule has 0 amide bonds. The predicted octanol–water partition coefficient (Wildman–Crippen LogP) is 6.27. The molecule has 5 heteroatoms. The van der Waals surface area contributed by atoms with E-state index >= 15 is 0 Å². The fourth-order valence-corrected chi connectivity index (χ4v) is 3.38. The molecule has 32 heavy (non-hydrogen) atoms. The van der Waals surface area contributed by atoms with Crippen molar-refractivity contribution in [3.63, 3.8) is 0 Å². The molecule has 0 aromatic rings. The average Bonchev–Trinajstić information content (AvgIpc) is 2.40. The van der Waals surface area contributed by atoms with Crippen molar-refractivity contribution < 1.29 is 34.1 Å². The first-order valence-corrected chi connectivity index (χ1v) is 11.2. The SMILES string of the molecule is CC(C)(C)C(=[N-])C(C)(C)C.CC(C)(C)C(=[N-])C(C)(C)C.CC(C)(C)C(=[N-])C(C)(C)C.[Cl-].[Ti+4]. The van der Waals surface area contributed by atoms with Gasteiger partial charge in [0.25, 0.3) is 0 Å². The smallest absolute Gasteiger partial charge is 1.00 e. The van der Waals surface area contributed by atoms with Gasteiger partial charge in [-0.1, -0.05) is 125 Å². The molecule has 0 aliphatic rings. The first-order valence-electron chi connectivity index (χ1n) is 11.2. The Morgan fingerprint density at radius 2 is 0.375 bits per heavy atom. The van der Waals surface area contributed by atoms with Crippen LogP contribution in [-0.2, 0) is 21.7 Å². The molecule has 0 rings (SSSR count). The molecular formula is C27H54ClN3Ti. The summed E-state index contributed by atoms with van der Waals surface area (Å²) in [5.74, 6) is 0. The molecule has 3 nitrogen and oxygen atoms in total. The van der Waals surface area contributed by atoms with Crippen molar-refractivity contribution in [2.24, 2.45) is 32.5 Å². The summed E-state index contributed by atoms with van der Waals surface area (Å²) in [5.41, 5.74) is 1.20. The van der Waals surface area contributed by atoms with Crippen LogP contribution in [0, 0.1) is 32.5 Å². The zero-order valence-corrected chi connectivity index (χ0v) is 27.0. The van der Waals surface area contributed by atoms with Crippen LogP contribution in [-0.4, -0.2) is 17.1 Å². The number of halogens is 1. The number of nitrogens with zero attached hydrogens (tertiary/aromatic N) is 3. The van der Waals surface area contributed by atoms with Gasteiger partial charge in [0.2, 0.25) is 0 Å². The minimum atomic E-state index is -0.0851. The van der Waals surface area contributed by atoms with Gasteiger partial charge in [0.05, 0.1) is 0 Å². The maximum absolute atomic E-state index is 9.64. The normalized spacial score (nSPS) is 12.6. The Balaban J connectivity index is -0.000000110. The standard InChI is InChI=1S/3C9H18N.ClH.Ti/c3*1-8(2,3)7(10)9(4,5)6;;/h3*1-6H3;1H;/q3*-1;;+4/p-1. The molecule has 0 aliphatic carbocycles. The van der Waals surface area contributed by atoms with Gasteiger partial charge >= 0.3 is 21.7 Å². The van der Waals surface area contributed by atoms with Gasteiger partial charge in [-0.25, -0.2) is 0 Å². The summed E-state index contributed by atoms with van der Waals surface area (Å²) in [7, 11) is 0. The Labute approximate surface area is 223 Å². The van der Waals surface area contributed by atoms with Crippen LogP contribution in [0.2, 0.25) is 0 Å². The predicted molar refractivity (Wildman–Crippen MR) is 142 cm³/mol. The summed E-state index contributed by atoms with van der Waals surface area (Å²) < 4.78 is 0. The molecule has 0 fully saturated rings. The van der Waals surface area contributed by atoms with E-state index in [0.29, 0.717) is 17.1 Å². The maximum atomic E-state index is 9.64. The van der Waals surface area contributed by atoms with E-state index in [4.69, 9.17) is 0 Å². The van der Waals surface area contributed by atoms with Crippen LogP contribution in [0.5, 0.6) is 0 Å². The van der Waals surface area contributed by atoms with Crippen LogP contribution in [0.3, 0.4) is 0 Å². The summed E-state index contributed by atoms with van der Waals surface area (Å²) in [6, 6.07) is 0. The first kappa shape index (κ1) is 42.2. The van der Waals surface area contributed by atoms with Gasteiger partial charge in [-0.15, -0.1) is 0 Å². The summed E-state index contributed by atoms with van der Waals surface area (Å²) in [6.07, 6.45) is 0. The van der Waals surface area contributed by atoms with Gasteiger partial charge in [0, 0.05) is 0 Å². The van der Waals surface area contributed by atoms with Gasteiger partial charge in [-0.2, -0.15) is 17.1 Å². The molecule has 0 saturated heterocycles. The summed E-state index contributed by atoms with van der Waals surface area (Å²) >= 11 is 0. The Hall–Kier alpha value is 0.0143. The van der Waals surface area contributed by atoms with Crippen molar-refractivity contribution in [1.82, 2.24) is 0 Å². The van der Waals surface area contributed by atoms with Crippen LogP contribution in [0.1, 0.15) is 125 Å². The fourth-order valence-electron chi connectivity index (χ4n) is 3.38. The van der Waals surface area contributed by atoms with Crippen LogP contribution in [0.15, 0.2) is 0 Å². The molecular weight excluding hydrogens is 450 g/mol. The Bertz CT molecular complexity index is 446. The molecule has 0 saturated carbocycles. The van der Waals surface area contributed by atoms with Gasteiger partial charge in [0.1, 0.15) is 0 Å². The Kier molecular flexibility index (Phi) is 18.2. The minimum Gasteiger partial charge on any atom is -1.00 e. The van der Waals surface area contributed by atoms with Crippen molar-refractivity contribution in [3.8, 4) is 0 Å². The third-order valence-corrected chi connectivity index (χ3v) is 4.26. The van der Waals surface area contributed by atoms with E-state index in [-0.39, 0.29) is 66.6 Å². The molecule has 0 atom stereocenters. The molecule has 0 spiro atoms. The molecule has 0 aliphatic heterocycles. The van der Waals surface area contributed by atoms with E-state index in [1.54, 1.807) is 0 Å². The van der Waals surface area contributed by atoms with Gasteiger partial charge in [-0.05, 0) is 32.5 Å². The minimum absolute atomic E-state index is 0. The van der Waals surface area contributed by atoms with Crippen LogP contribution in [0.4, 0.5) is 0 Å². The number of hydrogen-bond acceptors (Lipinski definition) is 0. The maximum Gasteiger partial charge on any atom is 4.00 e. The largest absolute Gasteiger partial charge is 4.00 e. The summed E-state index contributed by atoms with van der Waals surface area (Å²) in [4.78, 5) is 0. The molecule has 0 radical (unpaired) electrons. The quantitative estimate of drug-likeness (QED) is 0.276. The zero-order valence-electron chi connectivity index (χ0n) is 24.7. The van der Waals surface area contributed by atoms with Crippen molar-refractivity contribution in [2.75, 3.05) is 0 Å². The Morgan fingerprint density at radius 3 is 0.375 bits per heavy atom. The van der Waals surface area contributed by atoms with E-state index in [2.05, 4.69) is 0 Å². The number of hydrogen-bond donors (Lipinski definition) is 0. The van der Waals surface area contributed by atoms with E-state index in [1.807, 2.05) is 125 Å². The molecule has 0 bridgehead atoms. The zero-order chi connectivity index (χ0) is 25.7. The van der Waals surface area contributed by atoms with Crippen LogP contribution in [0.25, 0.3) is 16.2 Å². The third kappa shape index (κ3) is 19.5. The van der Waals surface area contributed by atoms with Crippen molar-refractivity contribution >= 4 is 17.1 Å². The van der Waals surface area contributed by atoms with E-state index < -0.39 is 0 Å². The average molecular weight is 504 g/mol. The first-order chi connectivity index (χ1) is 12.5. The topological polar surface area (TPSA) is 66.9 Å².